The number of hydrogen-bond donors (Lipinski definition) is 0. The van der Waals surface area contributed by atoms with Crippen LogP contribution in [0.3, 0.4) is 0 Å². The predicted octanol–water partition coefficient (Wildman–Crippen LogP) is 4.90. The Bertz CT molecular complexity index is 1280. The van der Waals surface area contributed by atoms with E-state index in [4.69, 9.17) is 30.5 Å². The molecule has 0 saturated carbocycles. The van der Waals surface area contributed by atoms with Gasteiger partial charge in [-0.2, -0.15) is 5.10 Å². The van der Waals surface area contributed by atoms with Crippen LogP contribution in [-0.4, -0.2) is 50.5 Å². The predicted molar refractivity (Wildman–Crippen MR) is 135 cm³/mol. The summed E-state index contributed by atoms with van der Waals surface area (Å²) in [5.41, 5.74) is 2.70. The molecule has 9 heteroatoms. The summed E-state index contributed by atoms with van der Waals surface area (Å²) in [6, 6.07) is 19.6. The van der Waals surface area contributed by atoms with Gasteiger partial charge >= 0.3 is 5.97 Å². The van der Waals surface area contributed by atoms with Crippen LogP contribution >= 0.6 is 11.6 Å². The second-order valence-electron chi connectivity index (χ2n) is 7.91. The molecule has 0 N–H and O–H groups in total. The van der Waals surface area contributed by atoms with Crippen molar-refractivity contribution in [3.05, 3.63) is 88.4 Å². The lowest BCUT2D eigenvalue weighted by molar-refractivity contribution is -0.136. The Morgan fingerprint density at radius 1 is 0.972 bits per heavy atom. The normalized spacial score (nSPS) is 14.7. The standard InChI is InChI=1S/C27H25ClN2O6/c1-33-20-11-9-18(10-12-20)23-15-22(17-7-5-4-6-8-17)29-30(23)25(31)16-36-27(32)19-13-21(28)26(35-3)24(14-19)34-2/h4-14,23H,15-16H2,1-3H3. The minimum Gasteiger partial charge on any atom is -0.497 e. The van der Waals surface area contributed by atoms with Gasteiger partial charge in [-0.1, -0.05) is 54.1 Å². The first-order valence-corrected chi connectivity index (χ1v) is 11.5. The number of rotatable bonds is 8. The van der Waals surface area contributed by atoms with Crippen LogP contribution in [0.25, 0.3) is 0 Å². The molecule has 0 aliphatic carbocycles. The summed E-state index contributed by atoms with van der Waals surface area (Å²) < 4.78 is 21.0. The topological polar surface area (TPSA) is 86.7 Å². The highest BCUT2D eigenvalue weighted by Gasteiger charge is 2.33. The van der Waals surface area contributed by atoms with E-state index in [-0.39, 0.29) is 22.4 Å². The molecule has 3 aromatic carbocycles. The summed E-state index contributed by atoms with van der Waals surface area (Å²) in [4.78, 5) is 25.9. The molecular formula is C27H25ClN2O6. The van der Waals surface area contributed by atoms with Crippen molar-refractivity contribution in [3.8, 4) is 17.2 Å². The molecule has 4 rings (SSSR count). The van der Waals surface area contributed by atoms with E-state index in [9.17, 15) is 9.59 Å². The molecule has 186 valence electrons. The first-order valence-electron chi connectivity index (χ1n) is 11.1. The van der Waals surface area contributed by atoms with Crippen LogP contribution in [0.5, 0.6) is 17.2 Å². The molecule has 8 nitrogen and oxygen atoms in total. The molecule has 1 heterocycles. The van der Waals surface area contributed by atoms with Crippen molar-refractivity contribution >= 4 is 29.2 Å². The van der Waals surface area contributed by atoms with Gasteiger partial charge < -0.3 is 18.9 Å². The van der Waals surface area contributed by atoms with Crippen molar-refractivity contribution in [1.82, 2.24) is 5.01 Å². The van der Waals surface area contributed by atoms with E-state index in [2.05, 4.69) is 5.10 Å². The van der Waals surface area contributed by atoms with E-state index in [0.29, 0.717) is 17.9 Å². The highest BCUT2D eigenvalue weighted by atomic mass is 35.5. The van der Waals surface area contributed by atoms with Crippen molar-refractivity contribution in [2.45, 2.75) is 12.5 Å². The van der Waals surface area contributed by atoms with Gasteiger partial charge in [-0.15, -0.1) is 0 Å². The van der Waals surface area contributed by atoms with E-state index in [1.807, 2.05) is 54.6 Å². The lowest BCUT2D eigenvalue weighted by Gasteiger charge is -2.22. The van der Waals surface area contributed by atoms with E-state index in [1.165, 1.54) is 31.4 Å². The van der Waals surface area contributed by atoms with Crippen LogP contribution in [0.1, 0.15) is 33.9 Å². The first-order chi connectivity index (χ1) is 17.4. The Morgan fingerprint density at radius 3 is 2.33 bits per heavy atom. The second-order valence-corrected chi connectivity index (χ2v) is 8.32. The maximum atomic E-state index is 13.2. The quantitative estimate of drug-likeness (QED) is 0.402. The third kappa shape index (κ3) is 5.28. The van der Waals surface area contributed by atoms with Crippen LogP contribution < -0.4 is 14.2 Å². The van der Waals surface area contributed by atoms with Gasteiger partial charge in [0.05, 0.1) is 43.7 Å². The molecule has 1 aliphatic rings. The van der Waals surface area contributed by atoms with Crippen LogP contribution in [0.15, 0.2) is 71.8 Å². The van der Waals surface area contributed by atoms with Gasteiger partial charge in [0, 0.05) is 6.42 Å². The molecule has 1 amide bonds. The molecule has 36 heavy (non-hydrogen) atoms. The fourth-order valence-corrected chi connectivity index (χ4v) is 4.23. The highest BCUT2D eigenvalue weighted by molar-refractivity contribution is 6.32. The molecule has 1 aliphatic heterocycles. The van der Waals surface area contributed by atoms with Crippen molar-refractivity contribution in [2.24, 2.45) is 5.10 Å². The van der Waals surface area contributed by atoms with Crippen LogP contribution in [-0.2, 0) is 9.53 Å². The Morgan fingerprint density at radius 2 is 1.69 bits per heavy atom. The number of ether oxygens (including phenoxy) is 4. The number of amides is 1. The SMILES string of the molecule is COc1ccc(C2CC(c3ccccc3)=NN2C(=O)COC(=O)c2cc(Cl)c(OC)c(OC)c2)cc1. The summed E-state index contributed by atoms with van der Waals surface area (Å²) in [6.07, 6.45) is 0.515. The summed E-state index contributed by atoms with van der Waals surface area (Å²) in [7, 11) is 4.47. The van der Waals surface area contributed by atoms with Gasteiger partial charge in [-0.3, -0.25) is 4.79 Å². The van der Waals surface area contributed by atoms with E-state index < -0.39 is 18.5 Å². The van der Waals surface area contributed by atoms with Gasteiger partial charge in [-0.25, -0.2) is 9.80 Å². The fraction of sp³-hybridized carbons (Fsp3) is 0.222. The summed E-state index contributed by atoms with van der Waals surface area (Å²) >= 11 is 6.19. The van der Waals surface area contributed by atoms with Crippen molar-refractivity contribution in [2.75, 3.05) is 27.9 Å². The second kappa shape index (κ2) is 11.1. The summed E-state index contributed by atoms with van der Waals surface area (Å²) in [5, 5.41) is 6.15. The average Bonchev–Trinajstić information content (AvgIpc) is 3.37. The molecule has 1 atom stereocenters. The van der Waals surface area contributed by atoms with Crippen LogP contribution in [0.2, 0.25) is 5.02 Å². The van der Waals surface area contributed by atoms with Gasteiger partial charge in [0.2, 0.25) is 0 Å². The molecular weight excluding hydrogens is 484 g/mol. The maximum Gasteiger partial charge on any atom is 0.338 e. The Balaban J connectivity index is 1.54. The van der Waals surface area contributed by atoms with E-state index >= 15 is 0 Å². The van der Waals surface area contributed by atoms with E-state index in [1.54, 1.807) is 7.11 Å². The van der Waals surface area contributed by atoms with Gasteiger partial charge in [0.25, 0.3) is 5.91 Å². The van der Waals surface area contributed by atoms with Crippen molar-refractivity contribution < 1.29 is 28.5 Å². The molecule has 3 aromatic rings. The molecule has 0 fully saturated rings. The zero-order chi connectivity index (χ0) is 25.7. The van der Waals surface area contributed by atoms with Gasteiger partial charge in [0.1, 0.15) is 5.75 Å². The Hall–Kier alpha value is -4.04. The largest absolute Gasteiger partial charge is 0.497 e. The highest BCUT2D eigenvalue weighted by Crippen LogP contribution is 2.36. The zero-order valence-electron chi connectivity index (χ0n) is 20.1. The van der Waals surface area contributed by atoms with Gasteiger partial charge in [0.15, 0.2) is 18.1 Å². The minimum atomic E-state index is -0.723. The number of hydrogen-bond acceptors (Lipinski definition) is 7. The smallest absolute Gasteiger partial charge is 0.338 e. The number of benzene rings is 3. The fourth-order valence-electron chi connectivity index (χ4n) is 3.94. The molecule has 0 spiro atoms. The van der Waals surface area contributed by atoms with Crippen molar-refractivity contribution in [1.29, 1.82) is 0 Å². The third-order valence-corrected chi connectivity index (χ3v) is 6.05. The number of methoxy groups -OCH3 is 3. The molecule has 0 aromatic heterocycles. The van der Waals surface area contributed by atoms with Crippen LogP contribution in [0.4, 0.5) is 0 Å². The number of halogens is 1. The van der Waals surface area contributed by atoms with E-state index in [0.717, 1.165) is 16.8 Å². The Kier molecular flexibility index (Phi) is 7.75. The van der Waals surface area contributed by atoms with Crippen LogP contribution in [0, 0.1) is 0 Å². The van der Waals surface area contributed by atoms with Crippen molar-refractivity contribution in [3.63, 3.8) is 0 Å². The van der Waals surface area contributed by atoms with Gasteiger partial charge in [-0.05, 0) is 35.4 Å². The number of carbonyl (C=O) groups is 2. The maximum absolute atomic E-state index is 13.2. The monoisotopic (exact) mass is 508 g/mol. The zero-order valence-corrected chi connectivity index (χ0v) is 20.8. The minimum absolute atomic E-state index is 0.132. The number of esters is 1. The summed E-state index contributed by atoms with van der Waals surface area (Å²) in [5.74, 6) is 0.107. The average molecular weight is 509 g/mol. The lowest BCUT2D eigenvalue weighted by Crippen LogP contribution is -2.31. The number of nitrogens with zero attached hydrogens (tertiary/aromatic N) is 2. The number of carbonyl (C=O) groups excluding carboxylic acids is 2. The Labute approximate surface area is 214 Å². The molecule has 1 unspecified atom stereocenters. The molecule has 0 radical (unpaired) electrons. The third-order valence-electron chi connectivity index (χ3n) is 5.77. The summed E-state index contributed by atoms with van der Waals surface area (Å²) in [6.45, 7) is -0.497. The lowest BCUT2D eigenvalue weighted by atomic mass is 9.98. The number of hydrazone groups is 1. The first kappa shape index (κ1) is 25.1. The molecule has 0 saturated heterocycles. The molecule has 0 bridgehead atoms.